The lowest BCUT2D eigenvalue weighted by atomic mass is 10.1. The molecule has 0 aliphatic carbocycles. The Morgan fingerprint density at radius 3 is 1.77 bits per heavy atom. The number of nitro groups is 1. The lowest BCUT2D eigenvalue weighted by Gasteiger charge is -2.22. The van der Waals surface area contributed by atoms with Crippen molar-refractivity contribution in [3.05, 3.63) is 142 Å². The van der Waals surface area contributed by atoms with Gasteiger partial charge in [-0.05, 0) is 28.8 Å². The van der Waals surface area contributed by atoms with Crippen LogP contribution >= 0.6 is 0 Å². The molecule has 176 valence electrons. The van der Waals surface area contributed by atoms with Crippen molar-refractivity contribution in [1.29, 1.82) is 0 Å². The quantitative estimate of drug-likeness (QED) is 0.153. The molecule has 0 heterocycles. The van der Waals surface area contributed by atoms with Gasteiger partial charge in [-0.2, -0.15) is 0 Å². The molecule has 0 fully saturated rings. The van der Waals surface area contributed by atoms with E-state index in [1.807, 2.05) is 95.9 Å². The summed E-state index contributed by atoms with van der Waals surface area (Å²) in [5.74, 6) is -0.0459. The van der Waals surface area contributed by atoms with E-state index in [1.54, 1.807) is 6.07 Å². The maximum atomic E-state index is 13.2. The van der Waals surface area contributed by atoms with Crippen LogP contribution in [-0.2, 0) is 19.7 Å². The molecule has 4 rings (SSSR count). The molecule has 0 radical (unpaired) electrons. The minimum Gasteiger partial charge on any atom is -0.482 e. The number of ketones is 1. The van der Waals surface area contributed by atoms with Gasteiger partial charge >= 0.3 is 5.69 Å². The summed E-state index contributed by atoms with van der Waals surface area (Å²) in [5, 5.41) is 11.7. The summed E-state index contributed by atoms with van der Waals surface area (Å²) in [7, 11) is 0. The van der Waals surface area contributed by atoms with Gasteiger partial charge < -0.3 is 4.74 Å². The fourth-order valence-corrected chi connectivity index (χ4v) is 3.84. The van der Waals surface area contributed by atoms with Crippen molar-refractivity contribution in [1.82, 2.24) is 4.90 Å². The molecule has 0 bridgehead atoms. The fourth-order valence-electron chi connectivity index (χ4n) is 3.84. The molecule has 0 aliphatic rings. The molecular weight excluding hydrogens is 440 g/mol. The van der Waals surface area contributed by atoms with E-state index in [4.69, 9.17) is 4.74 Å². The Morgan fingerprint density at radius 2 is 1.26 bits per heavy atom. The summed E-state index contributed by atoms with van der Waals surface area (Å²) < 4.78 is 5.69. The number of benzene rings is 4. The van der Waals surface area contributed by atoms with Gasteiger partial charge in [-0.3, -0.25) is 19.8 Å². The van der Waals surface area contributed by atoms with E-state index in [0.717, 1.165) is 16.7 Å². The molecule has 4 aromatic carbocycles. The Kier molecular flexibility index (Phi) is 7.99. The molecule has 6 heteroatoms. The average Bonchev–Trinajstić information content (AvgIpc) is 2.89. The number of Topliss-reactive ketones (excluding diaryl/α,β-unsaturated/α-hetero) is 1. The normalized spacial score (nSPS) is 10.8. The smallest absolute Gasteiger partial charge is 0.311 e. The first kappa shape index (κ1) is 23.9. The maximum absolute atomic E-state index is 13.2. The Hall–Kier alpha value is -4.29. The van der Waals surface area contributed by atoms with Crippen molar-refractivity contribution in [2.45, 2.75) is 19.7 Å². The van der Waals surface area contributed by atoms with E-state index in [0.29, 0.717) is 13.1 Å². The Balaban J connectivity index is 1.51. The van der Waals surface area contributed by atoms with E-state index in [1.165, 1.54) is 12.1 Å². The Labute approximate surface area is 204 Å². The molecule has 0 unspecified atom stereocenters. The van der Waals surface area contributed by atoms with Crippen LogP contribution in [0, 0.1) is 10.1 Å². The fraction of sp³-hybridized carbons (Fsp3) is 0.138. The molecule has 0 saturated carbocycles. The largest absolute Gasteiger partial charge is 0.482 e. The van der Waals surface area contributed by atoms with Crippen LogP contribution in [0.1, 0.15) is 27.0 Å². The highest BCUT2D eigenvalue weighted by Gasteiger charge is 2.21. The third kappa shape index (κ3) is 6.85. The highest BCUT2D eigenvalue weighted by atomic mass is 16.6. The van der Waals surface area contributed by atoms with Crippen LogP contribution in [0.25, 0.3) is 0 Å². The van der Waals surface area contributed by atoms with E-state index < -0.39 is 4.92 Å². The van der Waals surface area contributed by atoms with Gasteiger partial charge in [-0.1, -0.05) is 91.0 Å². The summed E-state index contributed by atoms with van der Waals surface area (Å²) in [5.41, 5.74) is 3.15. The average molecular weight is 467 g/mol. The van der Waals surface area contributed by atoms with E-state index in [9.17, 15) is 14.9 Å². The van der Waals surface area contributed by atoms with Crippen molar-refractivity contribution >= 4 is 11.5 Å². The predicted molar refractivity (Wildman–Crippen MR) is 135 cm³/mol. The van der Waals surface area contributed by atoms with E-state index >= 15 is 0 Å². The van der Waals surface area contributed by atoms with Gasteiger partial charge in [0, 0.05) is 24.7 Å². The zero-order chi connectivity index (χ0) is 24.5. The number of hydrogen-bond acceptors (Lipinski definition) is 5. The molecule has 6 nitrogen and oxygen atoms in total. The van der Waals surface area contributed by atoms with Gasteiger partial charge in [0.1, 0.15) is 6.61 Å². The molecule has 0 aliphatic heterocycles. The standard InChI is InChI=1S/C29H26N2O4/c32-28(21-30(19-23-10-4-1-5-11-23)20-24-12-6-2-7-13-24)26-16-17-29(27(18-26)31(33)34)35-22-25-14-8-3-9-15-25/h1-18H,19-22H2. The summed E-state index contributed by atoms with van der Waals surface area (Å²) in [6.07, 6.45) is 0. The summed E-state index contributed by atoms with van der Waals surface area (Å²) in [6, 6.07) is 33.7. The number of carbonyl (C=O) groups is 1. The Morgan fingerprint density at radius 1 is 0.743 bits per heavy atom. The second-order valence-electron chi connectivity index (χ2n) is 8.25. The summed E-state index contributed by atoms with van der Waals surface area (Å²) >= 11 is 0. The Bertz CT molecular complexity index is 1220. The number of nitro benzene ring substituents is 1. The van der Waals surface area contributed by atoms with Crippen LogP contribution in [0.3, 0.4) is 0 Å². The highest BCUT2D eigenvalue weighted by Crippen LogP contribution is 2.29. The van der Waals surface area contributed by atoms with Crippen LogP contribution in [0.4, 0.5) is 5.69 Å². The van der Waals surface area contributed by atoms with E-state index in [-0.39, 0.29) is 35.9 Å². The number of ether oxygens (including phenoxy) is 1. The lowest BCUT2D eigenvalue weighted by Crippen LogP contribution is -2.29. The molecule has 0 saturated heterocycles. The molecular formula is C29H26N2O4. The highest BCUT2D eigenvalue weighted by molar-refractivity contribution is 5.98. The van der Waals surface area contributed by atoms with E-state index in [2.05, 4.69) is 0 Å². The zero-order valence-corrected chi connectivity index (χ0v) is 19.2. The first-order valence-corrected chi connectivity index (χ1v) is 11.4. The summed E-state index contributed by atoms with van der Waals surface area (Å²) in [4.78, 5) is 26.4. The van der Waals surface area contributed by atoms with Gasteiger partial charge in [0.05, 0.1) is 11.5 Å². The molecule has 0 atom stereocenters. The second-order valence-corrected chi connectivity index (χ2v) is 8.25. The number of hydrogen-bond donors (Lipinski definition) is 0. The van der Waals surface area contributed by atoms with Crippen molar-refractivity contribution in [3.63, 3.8) is 0 Å². The second kappa shape index (κ2) is 11.7. The lowest BCUT2D eigenvalue weighted by molar-refractivity contribution is -0.386. The number of rotatable bonds is 11. The van der Waals surface area contributed by atoms with Crippen molar-refractivity contribution in [2.75, 3.05) is 6.54 Å². The minimum atomic E-state index is -0.511. The van der Waals surface area contributed by atoms with Crippen LogP contribution < -0.4 is 4.74 Å². The topological polar surface area (TPSA) is 72.7 Å². The molecule has 0 N–H and O–H groups in total. The molecule has 4 aromatic rings. The van der Waals surface area contributed by atoms with Crippen molar-refractivity contribution < 1.29 is 14.5 Å². The molecule has 0 spiro atoms. The van der Waals surface area contributed by atoms with Gasteiger partial charge in [0.15, 0.2) is 11.5 Å². The molecule has 0 aromatic heterocycles. The third-order valence-electron chi connectivity index (χ3n) is 5.58. The van der Waals surface area contributed by atoms with Gasteiger partial charge in [-0.15, -0.1) is 0 Å². The number of carbonyl (C=O) groups excluding carboxylic acids is 1. The van der Waals surface area contributed by atoms with Gasteiger partial charge in [-0.25, -0.2) is 0 Å². The first-order valence-electron chi connectivity index (χ1n) is 11.4. The van der Waals surface area contributed by atoms with Crippen LogP contribution in [-0.4, -0.2) is 22.2 Å². The minimum absolute atomic E-state index is 0.130. The van der Waals surface area contributed by atoms with Gasteiger partial charge in [0.25, 0.3) is 0 Å². The predicted octanol–water partition coefficient (Wildman–Crippen LogP) is 6.06. The van der Waals surface area contributed by atoms with Crippen molar-refractivity contribution in [2.24, 2.45) is 0 Å². The monoisotopic (exact) mass is 466 g/mol. The third-order valence-corrected chi connectivity index (χ3v) is 5.58. The maximum Gasteiger partial charge on any atom is 0.311 e. The molecule has 0 amide bonds. The van der Waals surface area contributed by atoms with Gasteiger partial charge in [0.2, 0.25) is 0 Å². The number of nitrogens with zero attached hydrogens (tertiary/aromatic N) is 2. The first-order chi connectivity index (χ1) is 17.1. The zero-order valence-electron chi connectivity index (χ0n) is 19.2. The van der Waals surface area contributed by atoms with Crippen LogP contribution in [0.15, 0.2) is 109 Å². The SMILES string of the molecule is O=C(CN(Cc1ccccc1)Cc1ccccc1)c1ccc(OCc2ccccc2)c([N+](=O)[O-])c1. The van der Waals surface area contributed by atoms with Crippen LogP contribution in [0.2, 0.25) is 0 Å². The van der Waals surface area contributed by atoms with Crippen LogP contribution in [0.5, 0.6) is 5.75 Å². The summed E-state index contributed by atoms with van der Waals surface area (Å²) in [6.45, 7) is 1.51. The molecule has 35 heavy (non-hydrogen) atoms. The van der Waals surface area contributed by atoms with Crippen molar-refractivity contribution in [3.8, 4) is 5.75 Å².